The van der Waals surface area contributed by atoms with Crippen molar-refractivity contribution in [3.05, 3.63) is 24.3 Å². The monoisotopic (exact) mass is 256 g/mol. The molecule has 0 radical (unpaired) electrons. The van der Waals surface area contributed by atoms with Crippen molar-refractivity contribution in [2.24, 2.45) is 0 Å². The van der Waals surface area contributed by atoms with Crippen LogP contribution in [0.1, 0.15) is 0 Å². The van der Waals surface area contributed by atoms with Gasteiger partial charge >= 0.3 is 11.9 Å². The SMILES string of the molecule is O=C(O)/C=C/C(=O)NCCNC(=O)/C=C/C(=O)O. The molecule has 8 heteroatoms. The molecule has 0 aromatic heterocycles. The summed E-state index contributed by atoms with van der Waals surface area (Å²) in [6, 6.07) is 0. The Morgan fingerprint density at radius 3 is 1.33 bits per heavy atom. The molecule has 0 saturated carbocycles. The lowest BCUT2D eigenvalue weighted by atomic mass is 10.4. The minimum atomic E-state index is -1.24. The minimum absolute atomic E-state index is 0.0927. The molecule has 98 valence electrons. The normalized spacial score (nSPS) is 10.4. The molecule has 8 nitrogen and oxygen atoms in total. The third-order valence-corrected chi connectivity index (χ3v) is 1.48. The number of rotatable bonds is 7. The van der Waals surface area contributed by atoms with Gasteiger partial charge in [-0.1, -0.05) is 0 Å². The van der Waals surface area contributed by atoms with Gasteiger partial charge in [0.1, 0.15) is 0 Å². The molecule has 18 heavy (non-hydrogen) atoms. The molecule has 0 aromatic carbocycles. The second-order valence-electron chi connectivity index (χ2n) is 2.93. The van der Waals surface area contributed by atoms with Gasteiger partial charge in [-0.05, 0) is 0 Å². The van der Waals surface area contributed by atoms with Crippen LogP contribution in [0.15, 0.2) is 24.3 Å². The van der Waals surface area contributed by atoms with Crippen molar-refractivity contribution in [1.29, 1.82) is 0 Å². The first-order valence-corrected chi connectivity index (χ1v) is 4.79. The number of amides is 2. The number of hydrogen-bond acceptors (Lipinski definition) is 4. The van der Waals surface area contributed by atoms with E-state index in [1.807, 2.05) is 0 Å². The number of hydrogen-bond donors (Lipinski definition) is 4. The van der Waals surface area contributed by atoms with E-state index in [1.165, 1.54) is 0 Å². The highest BCUT2D eigenvalue weighted by Crippen LogP contribution is 1.76. The molecule has 4 N–H and O–H groups in total. The molecule has 0 aromatic rings. The Labute approximate surface area is 102 Å². The zero-order chi connectivity index (χ0) is 14.0. The van der Waals surface area contributed by atoms with Gasteiger partial charge in [0.15, 0.2) is 0 Å². The van der Waals surface area contributed by atoms with E-state index in [0.717, 1.165) is 12.2 Å². The van der Waals surface area contributed by atoms with Crippen molar-refractivity contribution in [2.45, 2.75) is 0 Å². The van der Waals surface area contributed by atoms with Crippen LogP contribution in [0.3, 0.4) is 0 Å². The lowest BCUT2D eigenvalue weighted by Crippen LogP contribution is -2.33. The molecular weight excluding hydrogens is 244 g/mol. The third-order valence-electron chi connectivity index (χ3n) is 1.48. The van der Waals surface area contributed by atoms with Crippen LogP contribution in [0.4, 0.5) is 0 Å². The number of carboxylic acid groups (broad SMARTS) is 2. The molecule has 0 atom stereocenters. The molecule has 0 bridgehead atoms. The summed E-state index contributed by atoms with van der Waals surface area (Å²) in [5.41, 5.74) is 0. The summed E-state index contributed by atoms with van der Waals surface area (Å²) in [5, 5.41) is 21.1. The van der Waals surface area contributed by atoms with Gasteiger partial charge in [-0.25, -0.2) is 9.59 Å². The van der Waals surface area contributed by atoms with E-state index in [9.17, 15) is 19.2 Å². The van der Waals surface area contributed by atoms with Crippen LogP contribution in [0.5, 0.6) is 0 Å². The van der Waals surface area contributed by atoms with Gasteiger partial charge in [0.05, 0.1) is 0 Å². The smallest absolute Gasteiger partial charge is 0.328 e. The number of aliphatic carboxylic acids is 2. The van der Waals surface area contributed by atoms with Gasteiger partial charge < -0.3 is 20.8 Å². The highest BCUT2D eigenvalue weighted by Gasteiger charge is 1.98. The third kappa shape index (κ3) is 9.90. The van der Waals surface area contributed by atoms with Crippen LogP contribution in [-0.2, 0) is 19.2 Å². The van der Waals surface area contributed by atoms with Crippen molar-refractivity contribution in [3.8, 4) is 0 Å². The minimum Gasteiger partial charge on any atom is -0.478 e. The van der Waals surface area contributed by atoms with Gasteiger partial charge in [-0.2, -0.15) is 0 Å². The predicted octanol–water partition coefficient (Wildman–Crippen LogP) is -1.50. The van der Waals surface area contributed by atoms with Gasteiger partial charge in [0, 0.05) is 37.4 Å². The summed E-state index contributed by atoms with van der Waals surface area (Å²) < 4.78 is 0. The van der Waals surface area contributed by atoms with Crippen molar-refractivity contribution in [2.75, 3.05) is 13.1 Å². The van der Waals surface area contributed by atoms with Crippen LogP contribution in [0.2, 0.25) is 0 Å². The summed E-state index contributed by atoms with van der Waals surface area (Å²) in [6.07, 6.45) is 3.05. The maximum atomic E-state index is 10.9. The summed E-state index contributed by atoms with van der Waals surface area (Å²) in [4.78, 5) is 42.0. The van der Waals surface area contributed by atoms with Gasteiger partial charge in [0.25, 0.3) is 0 Å². The molecular formula is C10H12N2O6. The Bertz CT molecular complexity index is 361. The van der Waals surface area contributed by atoms with Crippen LogP contribution in [0.25, 0.3) is 0 Å². The lowest BCUT2D eigenvalue weighted by Gasteiger charge is -2.02. The molecule has 0 rings (SSSR count). The molecule has 0 heterocycles. The van der Waals surface area contributed by atoms with E-state index in [0.29, 0.717) is 12.2 Å². The van der Waals surface area contributed by atoms with Gasteiger partial charge in [-0.15, -0.1) is 0 Å². The van der Waals surface area contributed by atoms with Crippen molar-refractivity contribution in [1.82, 2.24) is 10.6 Å². The molecule has 0 saturated heterocycles. The summed E-state index contributed by atoms with van der Waals surface area (Å²) in [5.74, 6) is -3.69. The molecule has 0 fully saturated rings. The molecule has 0 spiro atoms. The predicted molar refractivity (Wildman–Crippen MR) is 59.6 cm³/mol. The number of carbonyl (C=O) groups is 4. The van der Waals surface area contributed by atoms with Crippen LogP contribution in [-0.4, -0.2) is 47.1 Å². The number of nitrogens with one attached hydrogen (secondary N) is 2. The van der Waals surface area contributed by atoms with E-state index in [2.05, 4.69) is 10.6 Å². The Morgan fingerprint density at radius 2 is 1.06 bits per heavy atom. The molecule has 0 aliphatic carbocycles. The number of carbonyl (C=O) groups excluding carboxylic acids is 2. The van der Waals surface area contributed by atoms with E-state index in [1.54, 1.807) is 0 Å². The number of carboxylic acids is 2. The van der Waals surface area contributed by atoms with Crippen LogP contribution in [0, 0.1) is 0 Å². The second-order valence-corrected chi connectivity index (χ2v) is 2.93. The van der Waals surface area contributed by atoms with Crippen molar-refractivity contribution >= 4 is 23.8 Å². The first kappa shape index (κ1) is 15.4. The highest BCUT2D eigenvalue weighted by atomic mass is 16.4. The maximum Gasteiger partial charge on any atom is 0.328 e. The topological polar surface area (TPSA) is 133 Å². The van der Waals surface area contributed by atoms with E-state index < -0.39 is 23.8 Å². The van der Waals surface area contributed by atoms with E-state index >= 15 is 0 Å². The zero-order valence-electron chi connectivity index (χ0n) is 9.25. The standard InChI is InChI=1S/C10H12N2O6/c13-7(1-3-9(15)16)11-5-6-12-8(14)2-4-10(17)18/h1-4H,5-6H2,(H,11,13)(H,12,14)(H,15,16)(H,17,18)/b3-1+,4-2+. The van der Waals surface area contributed by atoms with Gasteiger partial charge in [-0.3, -0.25) is 9.59 Å². The molecule has 0 unspecified atom stereocenters. The Hall–Kier alpha value is -2.64. The van der Waals surface area contributed by atoms with Crippen molar-refractivity contribution < 1.29 is 29.4 Å². The first-order chi connectivity index (χ1) is 8.41. The lowest BCUT2D eigenvalue weighted by molar-refractivity contribution is -0.132. The first-order valence-electron chi connectivity index (χ1n) is 4.79. The fourth-order valence-electron chi connectivity index (χ4n) is 0.783. The van der Waals surface area contributed by atoms with Crippen LogP contribution >= 0.6 is 0 Å². The average molecular weight is 256 g/mol. The highest BCUT2D eigenvalue weighted by molar-refractivity contribution is 5.94. The molecule has 0 aliphatic rings. The summed E-state index contributed by atoms with van der Waals surface area (Å²) >= 11 is 0. The Morgan fingerprint density at radius 1 is 0.722 bits per heavy atom. The maximum absolute atomic E-state index is 10.9. The quantitative estimate of drug-likeness (QED) is 0.323. The summed E-state index contributed by atoms with van der Waals surface area (Å²) in [7, 11) is 0. The average Bonchev–Trinajstić information content (AvgIpc) is 2.29. The Kier molecular flexibility index (Phi) is 7.26. The van der Waals surface area contributed by atoms with Gasteiger partial charge in [0.2, 0.25) is 11.8 Å². The largest absolute Gasteiger partial charge is 0.478 e. The fourth-order valence-corrected chi connectivity index (χ4v) is 0.783. The Balaban J connectivity index is 3.74. The van der Waals surface area contributed by atoms with E-state index in [4.69, 9.17) is 10.2 Å². The summed E-state index contributed by atoms with van der Waals surface area (Å²) in [6.45, 7) is 0.185. The fraction of sp³-hybridized carbons (Fsp3) is 0.200. The van der Waals surface area contributed by atoms with E-state index in [-0.39, 0.29) is 13.1 Å². The zero-order valence-corrected chi connectivity index (χ0v) is 9.25. The van der Waals surface area contributed by atoms with Crippen LogP contribution < -0.4 is 10.6 Å². The van der Waals surface area contributed by atoms with Crippen molar-refractivity contribution in [3.63, 3.8) is 0 Å². The molecule has 2 amide bonds. The second kappa shape index (κ2) is 8.50. The molecule has 0 aliphatic heterocycles.